The Morgan fingerprint density at radius 1 is 1.15 bits per heavy atom. The Labute approximate surface area is 163 Å². The van der Waals surface area contributed by atoms with Crippen molar-refractivity contribution in [3.63, 3.8) is 0 Å². The molecule has 0 saturated carbocycles. The third kappa shape index (κ3) is 4.62. The molecule has 0 unspecified atom stereocenters. The van der Waals surface area contributed by atoms with Crippen LogP contribution in [0.15, 0.2) is 47.6 Å². The van der Waals surface area contributed by atoms with E-state index in [2.05, 4.69) is 34.4 Å². The number of rotatable bonds is 7. The van der Waals surface area contributed by atoms with E-state index in [1.54, 1.807) is 10.9 Å². The Balaban J connectivity index is 1.80. The van der Waals surface area contributed by atoms with E-state index in [1.165, 1.54) is 5.56 Å². The molecular weight excluding hydrogens is 360 g/mol. The van der Waals surface area contributed by atoms with Gasteiger partial charge in [0.05, 0.1) is 12.8 Å². The van der Waals surface area contributed by atoms with Gasteiger partial charge in [-0.05, 0) is 67.9 Å². The van der Waals surface area contributed by atoms with E-state index in [1.807, 2.05) is 44.2 Å². The molecule has 0 fully saturated rings. The summed E-state index contributed by atoms with van der Waals surface area (Å²) in [6.45, 7) is 6.89. The molecule has 0 aliphatic heterocycles. The molecule has 3 aromatic rings. The first-order chi connectivity index (χ1) is 13.1. The number of ether oxygens (including phenoxy) is 2. The van der Waals surface area contributed by atoms with Gasteiger partial charge in [0.25, 0.3) is 0 Å². The summed E-state index contributed by atoms with van der Waals surface area (Å²) in [5.41, 5.74) is 3.23. The molecule has 3 rings (SSSR count). The van der Waals surface area contributed by atoms with Crippen molar-refractivity contribution in [2.75, 3.05) is 6.61 Å². The van der Waals surface area contributed by atoms with Crippen LogP contribution in [0, 0.1) is 18.6 Å². The summed E-state index contributed by atoms with van der Waals surface area (Å²) in [5.74, 6) is 2.08. The molecule has 1 heterocycles. The fourth-order valence-corrected chi connectivity index (χ4v) is 2.78. The Morgan fingerprint density at radius 2 is 1.96 bits per heavy atom. The Hall–Kier alpha value is -2.93. The van der Waals surface area contributed by atoms with E-state index >= 15 is 0 Å². The first-order valence-electron chi connectivity index (χ1n) is 8.71. The van der Waals surface area contributed by atoms with Crippen LogP contribution in [0.25, 0.3) is 0 Å². The summed E-state index contributed by atoms with van der Waals surface area (Å²) in [4.78, 5) is 0. The molecule has 6 nitrogen and oxygen atoms in total. The highest BCUT2D eigenvalue weighted by atomic mass is 32.1. The molecule has 1 N–H and O–H groups in total. The largest absolute Gasteiger partial charge is 0.490 e. The van der Waals surface area contributed by atoms with Crippen molar-refractivity contribution in [3.05, 3.63) is 69.8 Å². The van der Waals surface area contributed by atoms with Gasteiger partial charge in [0.1, 0.15) is 12.4 Å². The predicted molar refractivity (Wildman–Crippen MR) is 108 cm³/mol. The summed E-state index contributed by atoms with van der Waals surface area (Å²) in [6.07, 6.45) is 1.71. The van der Waals surface area contributed by atoms with Crippen molar-refractivity contribution < 1.29 is 9.47 Å². The second-order valence-corrected chi connectivity index (χ2v) is 6.37. The van der Waals surface area contributed by atoms with Gasteiger partial charge in [-0.2, -0.15) is 14.9 Å². The van der Waals surface area contributed by atoms with Crippen LogP contribution in [-0.2, 0) is 6.61 Å². The number of hydrogen-bond donors (Lipinski definition) is 1. The maximum atomic E-state index is 5.99. The van der Waals surface area contributed by atoms with Crippen LogP contribution >= 0.6 is 12.2 Å². The van der Waals surface area contributed by atoms with Crippen LogP contribution in [0.2, 0.25) is 0 Å². The molecule has 0 radical (unpaired) electrons. The SMILES string of the molecule is CCOc1cc(/C=N\n2c(C)n[nH]c2=S)ccc1OCc1ccccc1C. The van der Waals surface area contributed by atoms with E-state index in [4.69, 9.17) is 21.7 Å². The molecular formula is C20H22N4O2S. The molecule has 2 aromatic carbocycles. The molecule has 1 aromatic heterocycles. The van der Waals surface area contributed by atoms with Crippen LogP contribution in [0.3, 0.4) is 0 Å². The minimum atomic E-state index is 0.451. The average Bonchev–Trinajstić information content (AvgIpc) is 2.98. The lowest BCUT2D eigenvalue weighted by atomic mass is 10.1. The minimum absolute atomic E-state index is 0.451. The monoisotopic (exact) mass is 382 g/mol. The number of benzene rings is 2. The highest BCUT2D eigenvalue weighted by Gasteiger charge is 2.08. The maximum absolute atomic E-state index is 5.99. The molecule has 0 bridgehead atoms. The van der Waals surface area contributed by atoms with Crippen molar-refractivity contribution in [2.45, 2.75) is 27.4 Å². The highest BCUT2D eigenvalue weighted by molar-refractivity contribution is 7.71. The predicted octanol–water partition coefficient (Wildman–Crippen LogP) is 4.42. The maximum Gasteiger partial charge on any atom is 0.216 e. The number of nitrogens with zero attached hydrogens (tertiary/aromatic N) is 3. The Kier molecular flexibility index (Phi) is 6.03. The van der Waals surface area contributed by atoms with Crippen LogP contribution in [0.1, 0.15) is 29.4 Å². The third-order valence-corrected chi connectivity index (χ3v) is 4.31. The van der Waals surface area contributed by atoms with Gasteiger partial charge in [-0.25, -0.2) is 0 Å². The number of hydrogen-bond acceptors (Lipinski definition) is 5. The highest BCUT2D eigenvalue weighted by Crippen LogP contribution is 2.29. The zero-order chi connectivity index (χ0) is 19.2. The number of aromatic amines is 1. The summed E-state index contributed by atoms with van der Waals surface area (Å²) >= 11 is 5.15. The van der Waals surface area contributed by atoms with Crippen molar-refractivity contribution in [2.24, 2.45) is 5.10 Å². The topological polar surface area (TPSA) is 64.4 Å². The van der Waals surface area contributed by atoms with Gasteiger partial charge < -0.3 is 9.47 Å². The van der Waals surface area contributed by atoms with Crippen molar-refractivity contribution in [3.8, 4) is 11.5 Å². The summed E-state index contributed by atoms with van der Waals surface area (Å²) in [5, 5.41) is 11.1. The smallest absolute Gasteiger partial charge is 0.216 e. The molecule has 0 spiro atoms. The molecule has 140 valence electrons. The van der Waals surface area contributed by atoms with Gasteiger partial charge in [-0.15, -0.1) is 0 Å². The molecule has 0 amide bonds. The minimum Gasteiger partial charge on any atom is -0.490 e. The molecule has 7 heteroatoms. The fourth-order valence-electron chi connectivity index (χ4n) is 2.55. The Bertz CT molecular complexity index is 1010. The van der Waals surface area contributed by atoms with Crippen LogP contribution in [0.4, 0.5) is 0 Å². The first-order valence-corrected chi connectivity index (χ1v) is 9.12. The van der Waals surface area contributed by atoms with Crippen molar-refractivity contribution in [1.29, 1.82) is 0 Å². The second-order valence-electron chi connectivity index (χ2n) is 5.99. The lowest BCUT2D eigenvalue weighted by Crippen LogP contribution is -2.02. The van der Waals surface area contributed by atoms with Crippen molar-refractivity contribution in [1.82, 2.24) is 14.9 Å². The van der Waals surface area contributed by atoms with Crippen LogP contribution < -0.4 is 9.47 Å². The molecule has 0 aliphatic rings. The molecule has 0 saturated heterocycles. The number of nitrogens with one attached hydrogen (secondary N) is 1. The summed E-state index contributed by atoms with van der Waals surface area (Å²) in [6, 6.07) is 13.9. The van der Waals surface area contributed by atoms with E-state index in [0.717, 1.165) is 11.1 Å². The fraction of sp³-hybridized carbons (Fsp3) is 0.250. The van der Waals surface area contributed by atoms with E-state index in [-0.39, 0.29) is 0 Å². The summed E-state index contributed by atoms with van der Waals surface area (Å²) < 4.78 is 13.8. The van der Waals surface area contributed by atoms with E-state index in [9.17, 15) is 0 Å². The van der Waals surface area contributed by atoms with Gasteiger partial charge in [0.15, 0.2) is 11.5 Å². The molecule has 27 heavy (non-hydrogen) atoms. The van der Waals surface area contributed by atoms with Crippen molar-refractivity contribution >= 4 is 18.4 Å². The van der Waals surface area contributed by atoms with Gasteiger partial charge in [0, 0.05) is 0 Å². The third-order valence-electron chi connectivity index (χ3n) is 4.05. The zero-order valence-electron chi connectivity index (χ0n) is 15.6. The molecule has 0 atom stereocenters. The van der Waals surface area contributed by atoms with Gasteiger partial charge >= 0.3 is 0 Å². The summed E-state index contributed by atoms with van der Waals surface area (Å²) in [7, 11) is 0. The number of H-pyrrole nitrogens is 1. The first kappa shape index (κ1) is 18.8. The van der Waals surface area contributed by atoms with E-state index < -0.39 is 0 Å². The number of aromatic nitrogens is 3. The van der Waals surface area contributed by atoms with Crippen LogP contribution in [0.5, 0.6) is 11.5 Å². The molecule has 0 aliphatic carbocycles. The standard InChI is InChI=1S/C20H22N4O2S/c1-4-25-19-11-16(12-21-24-15(3)22-23-20(24)27)9-10-18(19)26-13-17-8-6-5-7-14(17)2/h5-12H,4,13H2,1-3H3,(H,23,27)/b21-12-. The average molecular weight is 382 g/mol. The normalized spacial score (nSPS) is 11.1. The number of aryl methyl sites for hydroxylation is 2. The van der Waals surface area contributed by atoms with Gasteiger partial charge in [-0.3, -0.25) is 5.10 Å². The lowest BCUT2D eigenvalue weighted by molar-refractivity contribution is 0.269. The zero-order valence-corrected chi connectivity index (χ0v) is 16.4. The lowest BCUT2D eigenvalue weighted by Gasteiger charge is -2.13. The van der Waals surface area contributed by atoms with Crippen LogP contribution in [-0.4, -0.2) is 27.7 Å². The second kappa shape index (κ2) is 8.64. The Morgan fingerprint density at radius 3 is 2.67 bits per heavy atom. The van der Waals surface area contributed by atoms with Gasteiger partial charge in [0.2, 0.25) is 4.77 Å². The van der Waals surface area contributed by atoms with E-state index in [0.29, 0.717) is 35.3 Å². The quantitative estimate of drug-likeness (QED) is 0.485. The van der Waals surface area contributed by atoms with Gasteiger partial charge in [-0.1, -0.05) is 24.3 Å².